The summed E-state index contributed by atoms with van der Waals surface area (Å²) in [4.78, 5) is 72.0. The second kappa shape index (κ2) is 18.0. The van der Waals surface area contributed by atoms with Crippen molar-refractivity contribution in [1.82, 2.24) is 20.9 Å². The molecular formula is C32H50N6O8. The molecule has 1 saturated carbocycles. The van der Waals surface area contributed by atoms with E-state index in [1.807, 2.05) is 25.7 Å². The smallest absolute Gasteiger partial charge is 0.450 e. The van der Waals surface area contributed by atoms with Crippen LogP contribution < -0.4 is 27.0 Å². The molecule has 14 heteroatoms. The minimum Gasteiger partial charge on any atom is -0.450 e. The average Bonchev–Trinajstić information content (AvgIpc) is 3.39. The fraction of sp³-hybridized carbons (Fsp3) is 0.625. The molecule has 1 aromatic carbocycles. The lowest BCUT2D eigenvalue weighted by molar-refractivity contribution is -0.131. The number of nitrogens with zero attached hydrogens (tertiary/aromatic N) is 1. The van der Waals surface area contributed by atoms with Crippen LogP contribution in [0.3, 0.4) is 0 Å². The lowest BCUT2D eigenvalue weighted by Gasteiger charge is -2.27. The molecule has 0 aromatic heterocycles. The lowest BCUT2D eigenvalue weighted by atomic mass is 10.0. The number of benzene rings is 1. The normalized spacial score (nSPS) is 20.0. The number of nitrogens with one attached hydrogen (secondary N) is 4. The Hall–Kier alpha value is -4.36. The molecule has 3 rings (SSSR count). The molecule has 256 valence electrons. The van der Waals surface area contributed by atoms with Crippen molar-refractivity contribution in [1.29, 1.82) is 0 Å². The molecule has 4 atom stereocenters. The van der Waals surface area contributed by atoms with E-state index in [2.05, 4.69) is 39.9 Å². The molecule has 0 bridgehead atoms. The van der Waals surface area contributed by atoms with E-state index in [1.54, 1.807) is 24.3 Å². The molecule has 0 radical (unpaired) electrons. The number of carboxylic acid groups (broad SMARTS) is 1. The molecule has 7 N–H and O–H groups in total. The topological polar surface area (TPSA) is 209 Å². The first kappa shape index (κ1) is 37.8. The summed E-state index contributed by atoms with van der Waals surface area (Å²) in [7, 11) is 0. The molecular weight excluding hydrogens is 596 g/mol. The summed E-state index contributed by atoms with van der Waals surface area (Å²) in [5.74, 6) is 0.00434. The van der Waals surface area contributed by atoms with Gasteiger partial charge in [0.2, 0.25) is 23.6 Å². The maximum atomic E-state index is 12.7. The number of carbonyl (C=O) groups excluding carboxylic acids is 5. The van der Waals surface area contributed by atoms with Crippen LogP contribution in [-0.2, 0) is 30.5 Å². The Morgan fingerprint density at radius 3 is 2.28 bits per heavy atom. The van der Waals surface area contributed by atoms with Gasteiger partial charge in [0, 0.05) is 37.2 Å². The van der Waals surface area contributed by atoms with Crippen molar-refractivity contribution in [2.45, 2.75) is 91.3 Å². The van der Waals surface area contributed by atoms with Crippen molar-refractivity contribution >= 4 is 41.5 Å². The third-order valence-electron chi connectivity index (χ3n) is 8.57. The van der Waals surface area contributed by atoms with E-state index >= 15 is 0 Å². The number of unbranched alkanes of at least 4 members (excludes halogenated alkanes) is 2. The van der Waals surface area contributed by atoms with Crippen molar-refractivity contribution in [3.05, 3.63) is 29.8 Å². The number of hydrogen-bond acceptors (Lipinski definition) is 7. The van der Waals surface area contributed by atoms with Gasteiger partial charge in [0.25, 0.3) is 0 Å². The number of fused-ring (bicyclic) bond motifs is 1. The highest BCUT2D eigenvalue weighted by Crippen LogP contribution is 2.60. The molecule has 1 saturated heterocycles. The van der Waals surface area contributed by atoms with Gasteiger partial charge in [0.05, 0.1) is 6.54 Å². The molecule has 6 amide bonds. The largest absolute Gasteiger partial charge is 0.506 e. The molecule has 14 nitrogen and oxygen atoms in total. The minimum absolute atomic E-state index is 0.0204. The monoisotopic (exact) mass is 646 g/mol. The van der Waals surface area contributed by atoms with E-state index < -0.39 is 30.0 Å². The summed E-state index contributed by atoms with van der Waals surface area (Å²) in [5, 5.41) is 19.0. The summed E-state index contributed by atoms with van der Waals surface area (Å²) >= 11 is 0. The number of hydrogen-bond donors (Lipinski definition) is 6. The van der Waals surface area contributed by atoms with Crippen LogP contribution >= 0.6 is 0 Å². The first-order valence-corrected chi connectivity index (χ1v) is 15.9. The minimum atomic E-state index is -1.37. The van der Waals surface area contributed by atoms with Crippen molar-refractivity contribution in [3.8, 4) is 0 Å². The number of rotatable bonds is 16. The number of primary amides is 1. The zero-order valence-corrected chi connectivity index (χ0v) is 27.5. The highest BCUT2D eigenvalue weighted by molar-refractivity contribution is 5.96. The van der Waals surface area contributed by atoms with Crippen molar-refractivity contribution in [2.75, 3.05) is 25.0 Å². The molecule has 1 aliphatic heterocycles. The number of amides is 6. The van der Waals surface area contributed by atoms with E-state index in [0.29, 0.717) is 42.5 Å². The standard InChI is InChI=1S/C28H40N4O7.C4H10N2O/c1-17(2)25(26(36)29-15-23(34)30-20-11-9-19(10-12-20)16-39-27(37)38)31-22(33)8-6-5-7-13-32-24(35)14-21-18(3)28(21,32)4;1-2-3-6-4(5)7/h9-12,17-18,21,25H,5-8,13-16H2,1-4H3,(H,29,36)(H,30,34)(H,31,33)(H,37,38);2-3H2,1H3,(H3,5,6,7). The van der Waals surface area contributed by atoms with E-state index in [4.69, 9.17) is 10.8 Å². The molecule has 46 heavy (non-hydrogen) atoms. The van der Waals surface area contributed by atoms with E-state index in [1.165, 1.54) is 0 Å². The predicted molar refractivity (Wildman–Crippen MR) is 171 cm³/mol. The molecule has 1 heterocycles. The third kappa shape index (κ3) is 11.5. The van der Waals surface area contributed by atoms with E-state index in [0.717, 1.165) is 25.8 Å². The van der Waals surface area contributed by atoms with Crippen molar-refractivity contribution in [2.24, 2.45) is 23.5 Å². The highest BCUT2D eigenvalue weighted by atomic mass is 16.7. The molecule has 2 aliphatic rings. The second-order valence-corrected chi connectivity index (χ2v) is 12.3. The van der Waals surface area contributed by atoms with Gasteiger partial charge >= 0.3 is 12.2 Å². The van der Waals surface area contributed by atoms with Crippen LogP contribution in [0.15, 0.2) is 24.3 Å². The molecule has 1 aromatic rings. The number of carbonyl (C=O) groups is 6. The molecule has 4 unspecified atom stereocenters. The summed E-state index contributed by atoms with van der Waals surface area (Å²) in [6.07, 6.45) is 2.83. The number of likely N-dealkylation sites (tertiary alicyclic amines) is 1. The fourth-order valence-corrected chi connectivity index (χ4v) is 5.65. The SMILES string of the molecule is CC(C)C(NC(=O)CCCCCN1C(=O)CC2C(C)C21C)C(=O)NCC(=O)Nc1ccc(COC(=O)O)cc1.CCCNC(N)=O. The third-order valence-corrected chi connectivity index (χ3v) is 8.57. The number of anilines is 1. The van der Waals surface area contributed by atoms with Crippen LogP contribution in [-0.4, -0.2) is 77.0 Å². The highest BCUT2D eigenvalue weighted by Gasteiger charge is 2.67. The first-order chi connectivity index (χ1) is 21.7. The van der Waals surface area contributed by atoms with E-state index in [9.17, 15) is 28.8 Å². The van der Waals surface area contributed by atoms with Crippen molar-refractivity contribution in [3.63, 3.8) is 0 Å². The van der Waals surface area contributed by atoms with E-state index in [-0.39, 0.29) is 42.8 Å². The first-order valence-electron chi connectivity index (χ1n) is 15.9. The molecule has 0 spiro atoms. The van der Waals surface area contributed by atoms with Gasteiger partial charge in [-0.1, -0.05) is 46.2 Å². The maximum absolute atomic E-state index is 12.7. The Morgan fingerprint density at radius 2 is 1.74 bits per heavy atom. The van der Waals surface area contributed by atoms with Crippen LogP contribution in [0, 0.1) is 17.8 Å². The van der Waals surface area contributed by atoms with Gasteiger partial charge in [-0.15, -0.1) is 0 Å². The van der Waals surface area contributed by atoms with Crippen LogP contribution in [0.5, 0.6) is 0 Å². The van der Waals surface area contributed by atoms with Gasteiger partial charge < -0.3 is 41.7 Å². The summed E-state index contributed by atoms with van der Waals surface area (Å²) in [6.45, 7) is 11.0. The summed E-state index contributed by atoms with van der Waals surface area (Å²) in [5.41, 5.74) is 5.86. The van der Waals surface area contributed by atoms with Crippen LogP contribution in [0.25, 0.3) is 0 Å². The van der Waals surface area contributed by atoms with Gasteiger partial charge in [-0.05, 0) is 61.6 Å². The lowest BCUT2D eigenvalue weighted by Crippen LogP contribution is -2.51. The van der Waals surface area contributed by atoms with Crippen LogP contribution in [0.4, 0.5) is 15.3 Å². The number of nitrogens with two attached hydrogens (primary N) is 1. The average molecular weight is 647 g/mol. The Bertz CT molecular complexity index is 1220. The summed E-state index contributed by atoms with van der Waals surface area (Å²) in [6, 6.07) is 5.23. The number of piperidine rings is 1. The van der Waals surface area contributed by atoms with Gasteiger partial charge in [-0.2, -0.15) is 0 Å². The number of ether oxygens (including phenoxy) is 1. The maximum Gasteiger partial charge on any atom is 0.506 e. The van der Waals surface area contributed by atoms with Gasteiger partial charge in [0.1, 0.15) is 12.6 Å². The summed E-state index contributed by atoms with van der Waals surface area (Å²) < 4.78 is 4.49. The second-order valence-electron chi connectivity index (χ2n) is 12.3. The predicted octanol–water partition coefficient (Wildman–Crippen LogP) is 2.96. The zero-order valence-electron chi connectivity index (χ0n) is 27.5. The molecule has 1 aliphatic carbocycles. The fourth-order valence-electron chi connectivity index (χ4n) is 5.65. The van der Waals surface area contributed by atoms with Gasteiger partial charge in [-0.3, -0.25) is 19.2 Å². The van der Waals surface area contributed by atoms with Crippen molar-refractivity contribution < 1.29 is 38.6 Å². The Morgan fingerprint density at radius 1 is 1.07 bits per heavy atom. The Kier molecular flexibility index (Phi) is 14.8. The Balaban J connectivity index is 0.000000942. The van der Waals surface area contributed by atoms with Crippen LogP contribution in [0.2, 0.25) is 0 Å². The Labute approximate surface area is 270 Å². The number of urea groups is 1. The quantitative estimate of drug-likeness (QED) is 0.116. The molecule has 2 fully saturated rings. The van der Waals surface area contributed by atoms with Gasteiger partial charge in [-0.25, -0.2) is 9.59 Å². The zero-order chi connectivity index (χ0) is 34.4. The van der Waals surface area contributed by atoms with Crippen LogP contribution in [0.1, 0.15) is 78.7 Å². The van der Waals surface area contributed by atoms with Gasteiger partial charge in [0.15, 0.2) is 0 Å².